The third-order valence-corrected chi connectivity index (χ3v) is 3.48. The van der Waals surface area contributed by atoms with Gasteiger partial charge in [0.2, 0.25) is 0 Å². The maximum absolute atomic E-state index is 12.0. The first kappa shape index (κ1) is 13.4. The van der Waals surface area contributed by atoms with Gasteiger partial charge in [-0.05, 0) is 38.1 Å². The van der Waals surface area contributed by atoms with Crippen molar-refractivity contribution in [3.05, 3.63) is 22.9 Å². The first-order valence-corrected chi connectivity index (χ1v) is 7.16. The number of hydrogen-bond donors (Lipinski definition) is 1. The monoisotopic (exact) mass is 251 g/mol. The third kappa shape index (κ3) is 3.73. The summed E-state index contributed by atoms with van der Waals surface area (Å²) in [6.07, 6.45) is 8.66. The Morgan fingerprint density at radius 3 is 2.78 bits per heavy atom. The normalized spacial score (nSPS) is 15.5. The van der Waals surface area contributed by atoms with Crippen LogP contribution < -0.4 is 11.0 Å². The summed E-state index contributed by atoms with van der Waals surface area (Å²) < 4.78 is 3.69. The highest BCUT2D eigenvalue weighted by atomic mass is 16.1. The van der Waals surface area contributed by atoms with E-state index in [1.54, 1.807) is 0 Å². The summed E-state index contributed by atoms with van der Waals surface area (Å²) in [4.78, 5) is 12.0. The van der Waals surface area contributed by atoms with Crippen LogP contribution in [0.3, 0.4) is 0 Å². The molecule has 1 heterocycles. The van der Waals surface area contributed by atoms with Gasteiger partial charge in [-0.25, -0.2) is 4.79 Å². The van der Waals surface area contributed by atoms with Gasteiger partial charge in [0.05, 0.1) is 0 Å². The second-order valence-corrected chi connectivity index (χ2v) is 5.70. The van der Waals surface area contributed by atoms with E-state index in [0.29, 0.717) is 6.04 Å². The lowest BCUT2D eigenvalue weighted by Crippen LogP contribution is -2.28. The van der Waals surface area contributed by atoms with Crippen molar-refractivity contribution in [2.24, 2.45) is 5.92 Å². The predicted octanol–water partition coefficient (Wildman–Crippen LogP) is 2.01. The summed E-state index contributed by atoms with van der Waals surface area (Å²) in [5.41, 5.74) is 0.154. The largest absolute Gasteiger partial charge is 0.328 e. The fraction of sp³-hybridized carbons (Fsp3) is 0.786. The van der Waals surface area contributed by atoms with Crippen LogP contribution in [0.4, 0.5) is 0 Å². The summed E-state index contributed by atoms with van der Waals surface area (Å²) in [6, 6.07) is 0.484. The molecule has 0 bridgehead atoms. The van der Waals surface area contributed by atoms with Crippen LogP contribution in [0, 0.1) is 5.92 Å². The van der Waals surface area contributed by atoms with E-state index >= 15 is 0 Å². The fourth-order valence-corrected chi connectivity index (χ4v) is 2.19. The zero-order valence-corrected chi connectivity index (χ0v) is 11.6. The molecule has 0 unspecified atom stereocenters. The molecular weight excluding hydrogens is 226 g/mol. The summed E-state index contributed by atoms with van der Waals surface area (Å²) in [5.74, 6) is 0.780. The van der Waals surface area contributed by atoms with Crippen LogP contribution in [-0.4, -0.2) is 22.2 Å². The number of rotatable bonds is 8. The second-order valence-electron chi connectivity index (χ2n) is 5.70. The summed E-state index contributed by atoms with van der Waals surface area (Å²) >= 11 is 0. The van der Waals surface area contributed by atoms with Gasteiger partial charge in [-0.15, -0.1) is 0 Å². The molecule has 1 fully saturated rings. The van der Waals surface area contributed by atoms with Crippen LogP contribution in [0.5, 0.6) is 0 Å². The van der Waals surface area contributed by atoms with E-state index in [9.17, 15) is 4.79 Å². The molecule has 1 aromatic heterocycles. The molecule has 0 amide bonds. The van der Waals surface area contributed by atoms with Crippen molar-refractivity contribution >= 4 is 0 Å². The average Bonchev–Trinajstić information content (AvgIpc) is 3.09. The molecule has 4 nitrogen and oxygen atoms in total. The fourth-order valence-electron chi connectivity index (χ4n) is 2.19. The smallest absolute Gasteiger partial charge is 0.315 e. The number of nitrogens with one attached hydrogen (secondary N) is 1. The quantitative estimate of drug-likeness (QED) is 0.718. The van der Waals surface area contributed by atoms with Gasteiger partial charge in [0.1, 0.15) is 0 Å². The molecule has 2 rings (SSSR count). The summed E-state index contributed by atoms with van der Waals surface area (Å²) in [6.45, 7) is 7.21. The van der Waals surface area contributed by atoms with Crippen LogP contribution in [0.1, 0.15) is 45.6 Å². The average molecular weight is 251 g/mol. The Bertz CT molecular complexity index is 415. The first-order valence-electron chi connectivity index (χ1n) is 7.16. The van der Waals surface area contributed by atoms with E-state index in [-0.39, 0.29) is 5.69 Å². The van der Waals surface area contributed by atoms with Gasteiger partial charge in [-0.3, -0.25) is 9.13 Å². The van der Waals surface area contributed by atoms with Crippen LogP contribution in [-0.2, 0) is 6.54 Å². The minimum Gasteiger partial charge on any atom is -0.315 e. The van der Waals surface area contributed by atoms with Crippen molar-refractivity contribution in [1.82, 2.24) is 14.5 Å². The zero-order valence-electron chi connectivity index (χ0n) is 11.6. The van der Waals surface area contributed by atoms with Crippen LogP contribution in [0.25, 0.3) is 0 Å². The van der Waals surface area contributed by atoms with Gasteiger partial charge in [0, 0.05) is 31.5 Å². The van der Waals surface area contributed by atoms with E-state index < -0.39 is 0 Å². The lowest BCUT2D eigenvalue weighted by Gasteiger charge is -2.06. The molecule has 18 heavy (non-hydrogen) atoms. The van der Waals surface area contributed by atoms with Crippen molar-refractivity contribution in [2.75, 3.05) is 13.1 Å². The lowest BCUT2D eigenvalue weighted by atomic mass is 10.1. The topological polar surface area (TPSA) is 39.0 Å². The molecule has 0 aliphatic heterocycles. The van der Waals surface area contributed by atoms with E-state index in [1.807, 2.05) is 21.5 Å². The Morgan fingerprint density at radius 1 is 1.33 bits per heavy atom. The second kappa shape index (κ2) is 6.23. The van der Waals surface area contributed by atoms with E-state index in [0.717, 1.165) is 38.4 Å². The van der Waals surface area contributed by atoms with Crippen LogP contribution in [0.15, 0.2) is 17.2 Å². The Hall–Kier alpha value is -1.03. The highest BCUT2D eigenvalue weighted by molar-refractivity contribution is 4.91. The number of hydrogen-bond acceptors (Lipinski definition) is 2. The Kier molecular flexibility index (Phi) is 4.64. The number of aromatic nitrogens is 2. The van der Waals surface area contributed by atoms with Crippen molar-refractivity contribution in [2.45, 2.75) is 52.1 Å². The molecule has 1 aromatic rings. The SMILES string of the molecule is CC(C)CCCNCCn1ccn(C2CC2)c1=O. The summed E-state index contributed by atoms with van der Waals surface area (Å²) in [5, 5.41) is 3.40. The molecule has 0 aromatic carbocycles. The molecular formula is C14H25N3O. The molecule has 0 saturated heterocycles. The molecule has 102 valence electrons. The highest BCUT2D eigenvalue weighted by Gasteiger charge is 2.25. The maximum Gasteiger partial charge on any atom is 0.328 e. The third-order valence-electron chi connectivity index (χ3n) is 3.48. The molecule has 4 heteroatoms. The molecule has 1 aliphatic carbocycles. The van der Waals surface area contributed by atoms with Crippen LogP contribution in [0.2, 0.25) is 0 Å². The molecule has 0 atom stereocenters. The zero-order chi connectivity index (χ0) is 13.0. The van der Waals surface area contributed by atoms with Crippen molar-refractivity contribution in [3.8, 4) is 0 Å². The molecule has 1 N–H and O–H groups in total. The van der Waals surface area contributed by atoms with Crippen molar-refractivity contribution < 1.29 is 0 Å². The Labute approximate surface area is 109 Å². The van der Waals surface area contributed by atoms with Crippen LogP contribution >= 0.6 is 0 Å². The predicted molar refractivity (Wildman–Crippen MR) is 73.9 cm³/mol. The van der Waals surface area contributed by atoms with Crippen molar-refractivity contribution in [3.63, 3.8) is 0 Å². The number of nitrogens with zero attached hydrogens (tertiary/aromatic N) is 2. The maximum atomic E-state index is 12.0. The van der Waals surface area contributed by atoms with Gasteiger partial charge >= 0.3 is 5.69 Å². The highest BCUT2D eigenvalue weighted by Crippen LogP contribution is 2.33. The van der Waals surface area contributed by atoms with Gasteiger partial charge in [0.25, 0.3) is 0 Å². The lowest BCUT2D eigenvalue weighted by molar-refractivity contribution is 0.510. The van der Waals surface area contributed by atoms with E-state index in [2.05, 4.69) is 19.2 Å². The Morgan fingerprint density at radius 2 is 2.11 bits per heavy atom. The van der Waals surface area contributed by atoms with Gasteiger partial charge in [-0.2, -0.15) is 0 Å². The van der Waals surface area contributed by atoms with E-state index in [1.165, 1.54) is 12.8 Å². The van der Waals surface area contributed by atoms with Gasteiger partial charge < -0.3 is 5.32 Å². The molecule has 0 radical (unpaired) electrons. The summed E-state index contributed by atoms with van der Waals surface area (Å²) in [7, 11) is 0. The Balaban J connectivity index is 1.66. The van der Waals surface area contributed by atoms with Crippen molar-refractivity contribution in [1.29, 1.82) is 0 Å². The number of imidazole rings is 1. The first-order chi connectivity index (χ1) is 8.68. The minimum absolute atomic E-state index is 0.154. The van der Waals surface area contributed by atoms with Gasteiger partial charge in [0.15, 0.2) is 0 Å². The molecule has 1 saturated carbocycles. The minimum atomic E-state index is 0.154. The van der Waals surface area contributed by atoms with E-state index in [4.69, 9.17) is 0 Å². The van der Waals surface area contributed by atoms with Gasteiger partial charge in [-0.1, -0.05) is 13.8 Å². The molecule has 1 aliphatic rings. The molecule has 0 spiro atoms. The standard InChI is InChI=1S/C14H25N3O/c1-12(2)4-3-7-15-8-9-16-10-11-17(14(16)18)13-5-6-13/h10-13,15H,3-9H2,1-2H3.